The normalized spacial score (nSPS) is 21.3. The molecule has 1 aromatic heterocycles. The van der Waals surface area contributed by atoms with Gasteiger partial charge in [0.15, 0.2) is 0 Å². The third-order valence-electron chi connectivity index (χ3n) is 7.13. The summed E-state index contributed by atoms with van der Waals surface area (Å²) in [5, 5.41) is 0. The highest BCUT2D eigenvalue weighted by molar-refractivity contribution is 5.63. The molecule has 1 fully saturated rings. The molecule has 0 spiro atoms. The smallest absolute Gasteiger partial charge is 0.347 e. The molecule has 0 bridgehead atoms. The van der Waals surface area contributed by atoms with Crippen molar-refractivity contribution in [1.29, 1.82) is 0 Å². The zero-order valence-electron chi connectivity index (χ0n) is 22.8. The van der Waals surface area contributed by atoms with E-state index in [1.807, 2.05) is 91.0 Å². The van der Waals surface area contributed by atoms with E-state index >= 15 is 0 Å². The summed E-state index contributed by atoms with van der Waals surface area (Å²) >= 11 is 0. The van der Waals surface area contributed by atoms with Gasteiger partial charge < -0.3 is 28.1 Å². The lowest BCUT2D eigenvalue weighted by Crippen LogP contribution is -2.56. The van der Waals surface area contributed by atoms with Gasteiger partial charge in [-0.2, -0.15) is 0 Å². The Morgan fingerprint density at radius 3 is 1.98 bits per heavy atom. The topological polar surface area (TPSA) is 76.4 Å². The molecule has 0 radical (unpaired) electrons. The Morgan fingerprint density at radius 1 is 0.756 bits per heavy atom. The first-order chi connectivity index (χ1) is 20.1. The molecule has 0 saturated carbocycles. The predicted molar refractivity (Wildman–Crippen MR) is 153 cm³/mol. The lowest BCUT2D eigenvalue weighted by atomic mass is 9.92. The Labute approximate surface area is 238 Å². The van der Waals surface area contributed by atoms with Crippen molar-refractivity contribution in [1.82, 2.24) is 0 Å². The van der Waals surface area contributed by atoms with E-state index in [0.717, 1.165) is 16.7 Å². The lowest BCUT2D eigenvalue weighted by Gasteiger charge is -2.44. The van der Waals surface area contributed by atoms with E-state index in [1.54, 1.807) is 19.1 Å². The Bertz CT molecular complexity index is 1520. The maximum atomic E-state index is 12.8. The lowest BCUT2D eigenvalue weighted by molar-refractivity contribution is -0.229. The van der Waals surface area contributed by atoms with Gasteiger partial charge in [0.05, 0.1) is 26.4 Å². The van der Waals surface area contributed by atoms with Gasteiger partial charge in [0, 0.05) is 11.6 Å². The maximum absolute atomic E-state index is 12.8. The molecule has 2 aliphatic heterocycles. The van der Waals surface area contributed by atoms with Crippen molar-refractivity contribution >= 4 is 6.08 Å². The van der Waals surface area contributed by atoms with Crippen LogP contribution in [-0.2, 0) is 38.8 Å². The molecular formula is C34H32O7. The summed E-state index contributed by atoms with van der Waals surface area (Å²) in [6, 6.07) is 31.6. The van der Waals surface area contributed by atoms with Gasteiger partial charge in [-0.05, 0) is 29.7 Å². The van der Waals surface area contributed by atoms with Crippen LogP contribution in [0.3, 0.4) is 0 Å². The van der Waals surface area contributed by atoms with Crippen molar-refractivity contribution in [2.45, 2.75) is 51.3 Å². The van der Waals surface area contributed by atoms with Crippen LogP contribution in [0.1, 0.15) is 28.0 Å². The number of benzene rings is 3. The third-order valence-corrected chi connectivity index (χ3v) is 7.13. The summed E-state index contributed by atoms with van der Waals surface area (Å²) in [6.45, 7) is 3.10. The van der Waals surface area contributed by atoms with Crippen LogP contribution in [0.4, 0.5) is 0 Å². The highest BCUT2D eigenvalue weighted by Crippen LogP contribution is 2.38. The van der Waals surface area contributed by atoms with Crippen molar-refractivity contribution < 1.29 is 28.1 Å². The second kappa shape index (κ2) is 12.7. The van der Waals surface area contributed by atoms with Gasteiger partial charge in [-0.25, -0.2) is 4.79 Å². The molecule has 1 saturated heterocycles. The summed E-state index contributed by atoms with van der Waals surface area (Å²) < 4.78 is 37.3. The third kappa shape index (κ3) is 6.50. The zero-order valence-corrected chi connectivity index (χ0v) is 22.8. The number of aryl methyl sites for hydroxylation is 1. The highest BCUT2D eigenvalue weighted by Gasteiger charge is 2.47. The van der Waals surface area contributed by atoms with Crippen LogP contribution in [0, 0.1) is 6.92 Å². The molecule has 7 heteroatoms. The van der Waals surface area contributed by atoms with Crippen LogP contribution in [0.2, 0.25) is 0 Å². The number of hydrogen-bond donors (Lipinski definition) is 0. The van der Waals surface area contributed by atoms with Crippen molar-refractivity contribution in [2.75, 3.05) is 6.61 Å². The Morgan fingerprint density at radius 2 is 1.34 bits per heavy atom. The van der Waals surface area contributed by atoms with Gasteiger partial charge in [-0.15, -0.1) is 0 Å². The molecule has 0 amide bonds. The minimum atomic E-state index is -0.772. The van der Waals surface area contributed by atoms with Gasteiger partial charge in [-0.3, -0.25) is 0 Å². The van der Waals surface area contributed by atoms with Crippen molar-refractivity contribution in [3.63, 3.8) is 0 Å². The first-order valence-corrected chi connectivity index (χ1v) is 13.7. The maximum Gasteiger partial charge on any atom is 0.347 e. The highest BCUT2D eigenvalue weighted by atomic mass is 16.7. The van der Waals surface area contributed by atoms with E-state index in [4.69, 9.17) is 28.1 Å². The fraction of sp³-hybridized carbons (Fsp3) is 0.265. The minimum Gasteiger partial charge on any atom is -0.460 e. The molecule has 0 unspecified atom stereocenters. The molecule has 7 nitrogen and oxygen atoms in total. The molecule has 0 aliphatic carbocycles. The average molecular weight is 553 g/mol. The van der Waals surface area contributed by atoms with E-state index in [2.05, 4.69) is 0 Å². The molecule has 3 aromatic carbocycles. The van der Waals surface area contributed by atoms with Crippen molar-refractivity contribution in [2.24, 2.45) is 0 Å². The summed E-state index contributed by atoms with van der Waals surface area (Å²) in [6.07, 6.45) is -0.624. The minimum absolute atomic E-state index is 0.259. The molecule has 6 rings (SSSR count). The Kier molecular flexibility index (Phi) is 8.39. The Balaban J connectivity index is 1.32. The van der Waals surface area contributed by atoms with Gasteiger partial charge in [-0.1, -0.05) is 91.0 Å². The molecule has 3 heterocycles. The van der Waals surface area contributed by atoms with Crippen LogP contribution >= 0.6 is 0 Å². The van der Waals surface area contributed by atoms with Crippen LogP contribution in [0.5, 0.6) is 5.75 Å². The number of hydrogen-bond acceptors (Lipinski definition) is 7. The molecular weight excluding hydrogens is 520 g/mol. The van der Waals surface area contributed by atoms with E-state index in [-0.39, 0.29) is 6.61 Å². The monoisotopic (exact) mass is 552 g/mol. The number of rotatable bonds is 10. The first-order valence-electron chi connectivity index (χ1n) is 13.7. The predicted octanol–water partition coefficient (Wildman–Crippen LogP) is 5.84. The quantitative estimate of drug-likeness (QED) is 0.245. The molecule has 41 heavy (non-hydrogen) atoms. The van der Waals surface area contributed by atoms with E-state index in [1.165, 1.54) is 0 Å². The second-order valence-corrected chi connectivity index (χ2v) is 10.2. The van der Waals surface area contributed by atoms with Crippen molar-refractivity contribution in [3.8, 4) is 5.75 Å². The number of ether oxygens (including phenoxy) is 5. The van der Waals surface area contributed by atoms with Crippen LogP contribution in [0.25, 0.3) is 6.08 Å². The van der Waals surface area contributed by atoms with E-state index in [9.17, 15) is 4.79 Å². The summed E-state index contributed by atoms with van der Waals surface area (Å²) in [5.41, 5.74) is 3.63. The molecule has 2 aliphatic rings. The summed E-state index contributed by atoms with van der Waals surface area (Å²) in [7, 11) is 0. The molecule has 4 aromatic rings. The van der Waals surface area contributed by atoms with Crippen LogP contribution < -0.4 is 10.4 Å². The molecule has 0 N–H and O–H groups in total. The zero-order chi connectivity index (χ0) is 28.0. The second-order valence-electron chi connectivity index (χ2n) is 10.2. The van der Waals surface area contributed by atoms with Gasteiger partial charge in [0.1, 0.15) is 35.4 Å². The average Bonchev–Trinajstić information content (AvgIpc) is 3.00. The van der Waals surface area contributed by atoms with Gasteiger partial charge >= 0.3 is 5.63 Å². The van der Waals surface area contributed by atoms with Gasteiger partial charge in [0.2, 0.25) is 6.29 Å². The largest absolute Gasteiger partial charge is 0.460 e. The fourth-order valence-electron chi connectivity index (χ4n) is 5.10. The van der Waals surface area contributed by atoms with Crippen molar-refractivity contribution in [3.05, 3.63) is 141 Å². The van der Waals surface area contributed by atoms with Crippen LogP contribution in [-0.4, -0.2) is 31.2 Å². The first kappa shape index (κ1) is 27.2. The SMILES string of the molecule is Cc1cc2c(c(=O)o1)C=C1[C@H](O2)O[C@H](COCc2ccccc2)[C@H](OCc2ccccc2)[C@@H]1OCc1ccccc1. The van der Waals surface area contributed by atoms with E-state index < -0.39 is 30.2 Å². The summed E-state index contributed by atoms with van der Waals surface area (Å²) in [5.74, 6) is 0.881. The van der Waals surface area contributed by atoms with Gasteiger partial charge in [0.25, 0.3) is 0 Å². The standard InChI is InChI=1S/C34H32O7/c1-23-17-29-27(33(35)39-23)18-28-31(37-20-25-13-7-3-8-14-25)32(38-21-26-15-9-4-10-16-26)30(41-34(28)40-29)22-36-19-24-11-5-2-6-12-24/h2-18,30-32,34H,19-22H2,1H3/t30-,31-,32+,34-/m1/s1. The summed E-state index contributed by atoms with van der Waals surface area (Å²) in [4.78, 5) is 12.8. The van der Waals surface area contributed by atoms with E-state index in [0.29, 0.717) is 42.5 Å². The molecule has 210 valence electrons. The van der Waals surface area contributed by atoms with Crippen LogP contribution in [0.15, 0.2) is 112 Å². The fourth-order valence-corrected chi connectivity index (χ4v) is 5.10. The number of fused-ring (bicyclic) bond motifs is 2. The Hall–Kier alpha value is -4.01. The molecule has 4 atom stereocenters.